The number of hydrogen-bond donors (Lipinski definition) is 3. The van der Waals surface area contributed by atoms with Gasteiger partial charge in [0.25, 0.3) is 0 Å². The van der Waals surface area contributed by atoms with Gasteiger partial charge in [0.1, 0.15) is 0 Å². The SMILES string of the molecule is CC(C)(C)O.CC(C)(C)O.CC(C)(C)O.[Ti]. The van der Waals surface area contributed by atoms with Crippen molar-refractivity contribution in [1.29, 1.82) is 0 Å². The summed E-state index contributed by atoms with van der Waals surface area (Å²) in [5.41, 5.74) is -1.50. The summed E-state index contributed by atoms with van der Waals surface area (Å²) >= 11 is 0. The fraction of sp³-hybridized carbons (Fsp3) is 1.00. The molecule has 0 rings (SSSR count). The Kier molecular flexibility index (Phi) is 15.3. The maximum absolute atomic E-state index is 8.52. The molecule has 0 aromatic heterocycles. The fourth-order valence-corrected chi connectivity index (χ4v) is 0. The molecular weight excluding hydrogens is 240 g/mol. The number of aliphatic hydroxyl groups is 3. The van der Waals surface area contributed by atoms with Crippen LogP contribution in [0.4, 0.5) is 0 Å². The molecule has 0 amide bonds. The second kappa shape index (κ2) is 9.61. The van der Waals surface area contributed by atoms with Crippen LogP contribution in [0.2, 0.25) is 0 Å². The van der Waals surface area contributed by atoms with Crippen molar-refractivity contribution in [3.8, 4) is 0 Å². The predicted octanol–water partition coefficient (Wildman–Crippen LogP) is 2.33. The fourth-order valence-electron chi connectivity index (χ4n) is 0. The van der Waals surface area contributed by atoms with Crippen LogP contribution >= 0.6 is 0 Å². The molecule has 0 atom stereocenters. The van der Waals surface area contributed by atoms with E-state index < -0.39 is 16.8 Å². The first-order chi connectivity index (χ1) is 6.00. The summed E-state index contributed by atoms with van der Waals surface area (Å²) in [5, 5.41) is 25.6. The van der Waals surface area contributed by atoms with E-state index in [1.165, 1.54) is 0 Å². The van der Waals surface area contributed by atoms with Crippen LogP contribution in [0.3, 0.4) is 0 Å². The summed E-state index contributed by atoms with van der Waals surface area (Å²) in [4.78, 5) is 0. The van der Waals surface area contributed by atoms with Gasteiger partial charge in [0.2, 0.25) is 0 Å². The minimum Gasteiger partial charge on any atom is -0.391 e. The van der Waals surface area contributed by atoms with Crippen molar-refractivity contribution in [3.05, 3.63) is 0 Å². The van der Waals surface area contributed by atoms with Gasteiger partial charge >= 0.3 is 0 Å². The molecule has 0 fully saturated rings. The molecular formula is C12H30O3Ti. The molecule has 0 aromatic rings. The molecule has 0 aliphatic carbocycles. The Morgan fingerprint density at radius 3 is 0.438 bits per heavy atom. The van der Waals surface area contributed by atoms with Crippen molar-refractivity contribution in [1.82, 2.24) is 0 Å². The average Bonchev–Trinajstić information content (AvgIpc) is 1.41. The van der Waals surface area contributed by atoms with Gasteiger partial charge in [-0.15, -0.1) is 0 Å². The monoisotopic (exact) mass is 270 g/mol. The third-order valence-electron chi connectivity index (χ3n) is 0. The van der Waals surface area contributed by atoms with E-state index in [0.717, 1.165) is 0 Å². The molecule has 0 aliphatic heterocycles. The van der Waals surface area contributed by atoms with Gasteiger partial charge in [-0.2, -0.15) is 0 Å². The van der Waals surface area contributed by atoms with Gasteiger partial charge in [-0.05, 0) is 62.3 Å². The summed E-state index contributed by atoms with van der Waals surface area (Å²) in [6.07, 6.45) is 0. The van der Waals surface area contributed by atoms with Gasteiger partial charge in [0, 0.05) is 21.7 Å². The summed E-state index contributed by atoms with van der Waals surface area (Å²) in [6.45, 7) is 15.7. The Bertz CT molecular complexity index is 91.3. The Morgan fingerprint density at radius 2 is 0.438 bits per heavy atom. The zero-order chi connectivity index (χ0) is 13.5. The minimum absolute atomic E-state index is 0. The van der Waals surface area contributed by atoms with Crippen LogP contribution in [0.1, 0.15) is 62.3 Å². The normalized spacial score (nSPS) is 11.2. The van der Waals surface area contributed by atoms with Crippen LogP contribution < -0.4 is 0 Å². The smallest absolute Gasteiger partial charge is 0.0563 e. The van der Waals surface area contributed by atoms with E-state index in [1.54, 1.807) is 62.3 Å². The minimum atomic E-state index is -0.500. The quantitative estimate of drug-likeness (QED) is 0.592. The second-order valence-electron chi connectivity index (χ2n) is 6.51. The third kappa shape index (κ3) is 7640. The topological polar surface area (TPSA) is 60.7 Å². The second-order valence-corrected chi connectivity index (χ2v) is 6.51. The van der Waals surface area contributed by atoms with Gasteiger partial charge in [0.05, 0.1) is 16.8 Å². The first-order valence-corrected chi connectivity index (χ1v) is 5.17. The zero-order valence-corrected chi connectivity index (χ0v) is 13.9. The summed E-state index contributed by atoms with van der Waals surface area (Å²) in [7, 11) is 0. The van der Waals surface area contributed by atoms with E-state index in [4.69, 9.17) is 15.3 Å². The van der Waals surface area contributed by atoms with Crippen LogP contribution in [0.25, 0.3) is 0 Å². The van der Waals surface area contributed by atoms with E-state index in [0.29, 0.717) is 0 Å². The molecule has 3 nitrogen and oxygen atoms in total. The first kappa shape index (κ1) is 25.4. The van der Waals surface area contributed by atoms with Crippen LogP contribution in [-0.4, -0.2) is 32.1 Å². The van der Waals surface area contributed by atoms with Crippen LogP contribution in [0.15, 0.2) is 0 Å². The molecule has 0 bridgehead atoms. The number of rotatable bonds is 0. The predicted molar refractivity (Wildman–Crippen MR) is 65.9 cm³/mol. The first-order valence-electron chi connectivity index (χ1n) is 5.17. The molecule has 0 saturated heterocycles. The molecule has 3 N–H and O–H groups in total. The van der Waals surface area contributed by atoms with Crippen molar-refractivity contribution in [2.75, 3.05) is 0 Å². The van der Waals surface area contributed by atoms with Crippen LogP contribution in [0, 0.1) is 0 Å². The molecule has 0 unspecified atom stereocenters. The Balaban J connectivity index is -0.0000000655. The van der Waals surface area contributed by atoms with E-state index in [-0.39, 0.29) is 21.7 Å². The van der Waals surface area contributed by atoms with Gasteiger partial charge in [-0.25, -0.2) is 0 Å². The van der Waals surface area contributed by atoms with E-state index in [1.807, 2.05) is 0 Å². The van der Waals surface area contributed by atoms with Gasteiger partial charge in [-0.3, -0.25) is 0 Å². The maximum atomic E-state index is 8.52. The van der Waals surface area contributed by atoms with Crippen molar-refractivity contribution in [2.45, 2.75) is 79.1 Å². The molecule has 0 saturated carbocycles. The van der Waals surface area contributed by atoms with Crippen molar-refractivity contribution in [3.63, 3.8) is 0 Å². The molecule has 0 aliphatic rings. The van der Waals surface area contributed by atoms with E-state index in [2.05, 4.69) is 0 Å². The average molecular weight is 270 g/mol. The van der Waals surface area contributed by atoms with Gasteiger partial charge in [-0.1, -0.05) is 0 Å². The molecule has 4 heteroatoms. The Morgan fingerprint density at radius 1 is 0.438 bits per heavy atom. The summed E-state index contributed by atoms with van der Waals surface area (Å²) < 4.78 is 0. The van der Waals surface area contributed by atoms with Gasteiger partial charge < -0.3 is 15.3 Å². The van der Waals surface area contributed by atoms with Crippen LogP contribution in [0.5, 0.6) is 0 Å². The van der Waals surface area contributed by atoms with Crippen molar-refractivity contribution >= 4 is 0 Å². The van der Waals surface area contributed by atoms with Crippen LogP contribution in [-0.2, 0) is 21.7 Å². The number of hydrogen-bond acceptors (Lipinski definition) is 3. The van der Waals surface area contributed by atoms with Crippen molar-refractivity contribution in [2.24, 2.45) is 0 Å². The molecule has 0 heterocycles. The van der Waals surface area contributed by atoms with Gasteiger partial charge in [0.15, 0.2) is 0 Å². The van der Waals surface area contributed by atoms with Crippen molar-refractivity contribution < 1.29 is 37.0 Å². The molecule has 0 spiro atoms. The van der Waals surface area contributed by atoms with E-state index in [9.17, 15) is 0 Å². The van der Waals surface area contributed by atoms with E-state index >= 15 is 0 Å². The largest absolute Gasteiger partial charge is 0.391 e. The summed E-state index contributed by atoms with van der Waals surface area (Å²) in [5.74, 6) is 0. The molecule has 100 valence electrons. The molecule has 16 heavy (non-hydrogen) atoms. The third-order valence-corrected chi connectivity index (χ3v) is 0. The maximum Gasteiger partial charge on any atom is 0.0563 e. The Hall–Kier alpha value is 0.594. The zero-order valence-electron chi connectivity index (χ0n) is 12.3. The standard InChI is InChI=1S/3C4H10O.Ti/c3*1-4(2,3)5;/h3*5H,1-3H3;. The molecule has 0 aromatic carbocycles. The molecule has 0 radical (unpaired) electrons. The summed E-state index contributed by atoms with van der Waals surface area (Å²) in [6, 6.07) is 0. The Labute approximate surface area is 116 Å².